The van der Waals surface area contributed by atoms with Gasteiger partial charge >= 0.3 is 5.97 Å². The van der Waals surface area contributed by atoms with E-state index in [4.69, 9.17) is 5.11 Å². The Hall–Kier alpha value is -0.830. The zero-order valence-corrected chi connectivity index (χ0v) is 6.20. The molecule has 0 saturated carbocycles. The third-order valence-corrected chi connectivity index (χ3v) is 1.07. The van der Waals surface area contributed by atoms with E-state index in [-0.39, 0.29) is 0 Å². The third kappa shape index (κ3) is 4.09. The van der Waals surface area contributed by atoms with Crippen molar-refractivity contribution in [2.75, 3.05) is 7.11 Å². The van der Waals surface area contributed by atoms with E-state index in [1.54, 1.807) is 0 Å². The van der Waals surface area contributed by atoms with E-state index in [1.165, 1.54) is 19.3 Å². The average Bonchev–Trinajstić information content (AvgIpc) is 1.99. The molecule has 1 atom stereocenters. The van der Waals surface area contributed by atoms with Gasteiger partial charge in [-0.15, -0.1) is 0 Å². The van der Waals surface area contributed by atoms with Gasteiger partial charge in [0.1, 0.15) is 0 Å². The highest BCUT2D eigenvalue weighted by Gasteiger charge is 1.95. The molecule has 0 aromatic carbocycles. The first-order valence-electron chi connectivity index (χ1n) is 3.15. The average molecular weight is 144 g/mol. The molecule has 0 heterocycles. The number of hydrogen-bond donors (Lipinski definition) is 1. The highest BCUT2D eigenvalue weighted by atomic mass is 16.5. The number of methoxy groups -OCH3 is 1. The van der Waals surface area contributed by atoms with Crippen molar-refractivity contribution < 1.29 is 14.6 Å². The van der Waals surface area contributed by atoms with E-state index in [0.717, 1.165) is 0 Å². The summed E-state index contributed by atoms with van der Waals surface area (Å²) in [6, 6.07) is 0. The van der Waals surface area contributed by atoms with Crippen molar-refractivity contribution in [3.63, 3.8) is 0 Å². The molecule has 0 aliphatic rings. The predicted octanol–water partition coefficient (Wildman–Crippen LogP) is 0.486. The van der Waals surface area contributed by atoms with Crippen LogP contribution in [0.4, 0.5) is 0 Å². The zero-order valence-electron chi connectivity index (χ0n) is 6.20. The standard InChI is InChI=1S/C7H12O3/c1-3-6(8)4-5-7(9)10-2/h4-6,8H,3H2,1-2H3/b5-4+. The Labute approximate surface area is 60.3 Å². The second kappa shape index (κ2) is 4.99. The highest BCUT2D eigenvalue weighted by molar-refractivity contribution is 5.81. The molecule has 0 aliphatic heterocycles. The molecule has 3 nitrogen and oxygen atoms in total. The lowest BCUT2D eigenvalue weighted by Crippen LogP contribution is -2.01. The number of carbonyl (C=O) groups excluding carboxylic acids is 1. The van der Waals surface area contributed by atoms with Crippen LogP contribution in [-0.2, 0) is 9.53 Å². The van der Waals surface area contributed by atoms with Crippen molar-refractivity contribution in [2.45, 2.75) is 19.4 Å². The summed E-state index contributed by atoms with van der Waals surface area (Å²) in [6.07, 6.45) is 2.69. The Morgan fingerprint density at radius 3 is 2.80 bits per heavy atom. The second-order valence-electron chi connectivity index (χ2n) is 1.86. The lowest BCUT2D eigenvalue weighted by molar-refractivity contribution is -0.134. The number of rotatable bonds is 3. The maximum atomic E-state index is 10.4. The number of hydrogen-bond acceptors (Lipinski definition) is 3. The summed E-state index contributed by atoms with van der Waals surface area (Å²) in [5.41, 5.74) is 0. The highest BCUT2D eigenvalue weighted by Crippen LogP contribution is 1.91. The van der Waals surface area contributed by atoms with Crippen molar-refractivity contribution in [3.05, 3.63) is 12.2 Å². The summed E-state index contributed by atoms with van der Waals surface area (Å²) < 4.78 is 4.31. The van der Waals surface area contributed by atoms with Gasteiger partial charge in [0.2, 0.25) is 0 Å². The van der Waals surface area contributed by atoms with E-state index in [1.807, 2.05) is 6.92 Å². The summed E-state index contributed by atoms with van der Waals surface area (Å²) in [5, 5.41) is 8.91. The van der Waals surface area contributed by atoms with Crippen LogP contribution in [0.25, 0.3) is 0 Å². The zero-order chi connectivity index (χ0) is 7.98. The van der Waals surface area contributed by atoms with E-state index >= 15 is 0 Å². The van der Waals surface area contributed by atoms with Crippen LogP contribution in [0, 0.1) is 0 Å². The van der Waals surface area contributed by atoms with E-state index in [9.17, 15) is 4.79 Å². The second-order valence-corrected chi connectivity index (χ2v) is 1.86. The molecule has 0 fully saturated rings. The van der Waals surface area contributed by atoms with E-state index in [2.05, 4.69) is 4.74 Å². The van der Waals surface area contributed by atoms with Gasteiger partial charge in [-0.05, 0) is 12.5 Å². The van der Waals surface area contributed by atoms with Crippen LogP contribution in [0.2, 0.25) is 0 Å². The topological polar surface area (TPSA) is 46.5 Å². The molecule has 0 spiro atoms. The van der Waals surface area contributed by atoms with Crippen molar-refractivity contribution in [1.82, 2.24) is 0 Å². The van der Waals surface area contributed by atoms with Crippen LogP contribution in [0.15, 0.2) is 12.2 Å². The Morgan fingerprint density at radius 1 is 1.80 bits per heavy atom. The molecule has 10 heavy (non-hydrogen) atoms. The summed E-state index contributed by atoms with van der Waals surface area (Å²) in [6.45, 7) is 1.83. The molecule has 58 valence electrons. The smallest absolute Gasteiger partial charge is 0.330 e. The molecule has 0 amide bonds. The molecule has 0 rings (SSSR count). The van der Waals surface area contributed by atoms with Crippen LogP contribution in [0.1, 0.15) is 13.3 Å². The fourth-order valence-corrected chi connectivity index (χ4v) is 0.394. The Kier molecular flexibility index (Phi) is 4.58. The Balaban J connectivity index is 3.63. The normalized spacial score (nSPS) is 13.5. The first-order valence-corrected chi connectivity index (χ1v) is 3.15. The summed E-state index contributed by atoms with van der Waals surface area (Å²) in [7, 11) is 1.30. The van der Waals surface area contributed by atoms with Crippen molar-refractivity contribution in [1.29, 1.82) is 0 Å². The fraction of sp³-hybridized carbons (Fsp3) is 0.571. The quantitative estimate of drug-likeness (QED) is 0.463. The van der Waals surface area contributed by atoms with Crippen molar-refractivity contribution in [2.24, 2.45) is 0 Å². The van der Waals surface area contributed by atoms with Crippen molar-refractivity contribution >= 4 is 5.97 Å². The minimum atomic E-state index is -0.543. The SMILES string of the molecule is CCC(O)/C=C/C(=O)OC. The number of aliphatic hydroxyl groups is 1. The molecule has 0 aliphatic carbocycles. The minimum absolute atomic E-state index is 0.438. The van der Waals surface area contributed by atoms with E-state index < -0.39 is 12.1 Å². The van der Waals surface area contributed by atoms with Crippen LogP contribution in [-0.4, -0.2) is 24.3 Å². The van der Waals surface area contributed by atoms with E-state index in [0.29, 0.717) is 6.42 Å². The predicted molar refractivity (Wildman–Crippen MR) is 37.5 cm³/mol. The molecule has 0 radical (unpaired) electrons. The van der Waals surface area contributed by atoms with Gasteiger partial charge in [-0.2, -0.15) is 0 Å². The van der Waals surface area contributed by atoms with Crippen LogP contribution < -0.4 is 0 Å². The van der Waals surface area contributed by atoms with Gasteiger partial charge in [0.15, 0.2) is 0 Å². The number of aliphatic hydroxyl groups excluding tert-OH is 1. The molecule has 0 aromatic heterocycles. The first-order chi connectivity index (χ1) is 4.70. The maximum absolute atomic E-state index is 10.4. The minimum Gasteiger partial charge on any atom is -0.466 e. The van der Waals surface area contributed by atoms with Gasteiger partial charge in [-0.25, -0.2) is 4.79 Å². The molecule has 1 unspecified atom stereocenters. The third-order valence-electron chi connectivity index (χ3n) is 1.07. The summed E-state index contributed by atoms with van der Waals surface area (Å²) in [5.74, 6) is -0.438. The van der Waals surface area contributed by atoms with Gasteiger partial charge in [0.05, 0.1) is 13.2 Å². The van der Waals surface area contributed by atoms with Gasteiger partial charge in [-0.1, -0.05) is 6.92 Å². The van der Waals surface area contributed by atoms with Crippen molar-refractivity contribution in [3.8, 4) is 0 Å². The Bertz CT molecular complexity index is 129. The molecule has 0 bridgehead atoms. The van der Waals surface area contributed by atoms with Gasteiger partial charge in [0, 0.05) is 6.08 Å². The molecule has 1 N–H and O–H groups in total. The fourth-order valence-electron chi connectivity index (χ4n) is 0.394. The first kappa shape index (κ1) is 9.17. The Morgan fingerprint density at radius 2 is 2.40 bits per heavy atom. The van der Waals surface area contributed by atoms with Gasteiger partial charge < -0.3 is 9.84 Å². The van der Waals surface area contributed by atoms with Crippen LogP contribution in [0.3, 0.4) is 0 Å². The molecular formula is C7H12O3. The number of ether oxygens (including phenoxy) is 1. The van der Waals surface area contributed by atoms with Crippen LogP contribution >= 0.6 is 0 Å². The molecular weight excluding hydrogens is 132 g/mol. The maximum Gasteiger partial charge on any atom is 0.330 e. The monoisotopic (exact) mass is 144 g/mol. The number of carbonyl (C=O) groups is 1. The van der Waals surface area contributed by atoms with Crippen LogP contribution in [0.5, 0.6) is 0 Å². The van der Waals surface area contributed by atoms with Gasteiger partial charge in [0.25, 0.3) is 0 Å². The summed E-state index contributed by atoms with van der Waals surface area (Å²) in [4.78, 5) is 10.4. The number of esters is 1. The van der Waals surface area contributed by atoms with Gasteiger partial charge in [-0.3, -0.25) is 0 Å². The molecule has 3 heteroatoms. The molecule has 0 aromatic rings. The lowest BCUT2D eigenvalue weighted by atomic mass is 10.2. The largest absolute Gasteiger partial charge is 0.466 e. The lowest BCUT2D eigenvalue weighted by Gasteiger charge is -1.97. The molecule has 0 saturated heterocycles. The summed E-state index contributed by atoms with van der Waals surface area (Å²) >= 11 is 0.